The van der Waals surface area contributed by atoms with Gasteiger partial charge in [-0.3, -0.25) is 9.59 Å². The fourth-order valence-electron chi connectivity index (χ4n) is 3.75. The second-order valence-corrected chi connectivity index (χ2v) is 7.85. The van der Waals surface area contributed by atoms with Crippen molar-refractivity contribution in [2.45, 2.75) is 32.2 Å². The number of fused-ring (bicyclic) bond motifs is 2. The van der Waals surface area contributed by atoms with Crippen LogP contribution in [-0.4, -0.2) is 60.1 Å². The molecule has 11 heteroatoms. The number of carbonyl (C=O) groups excluding carboxylic acids is 1. The van der Waals surface area contributed by atoms with Crippen LogP contribution in [0.5, 0.6) is 11.5 Å². The number of rotatable bonds is 10. The quantitative estimate of drug-likeness (QED) is 0.234. The Balaban J connectivity index is 0.000000208. The Bertz CT molecular complexity index is 1460. The largest absolute Gasteiger partial charge is 0.497 e. The number of hydrogen-bond acceptors (Lipinski definition) is 9. The summed E-state index contributed by atoms with van der Waals surface area (Å²) < 4.78 is 23.8. The van der Waals surface area contributed by atoms with Crippen LogP contribution in [0.2, 0.25) is 0 Å². The third-order valence-electron chi connectivity index (χ3n) is 5.69. The van der Waals surface area contributed by atoms with E-state index in [0.29, 0.717) is 48.5 Å². The summed E-state index contributed by atoms with van der Waals surface area (Å²) in [5.74, 6) is 1.35. The lowest BCUT2D eigenvalue weighted by Gasteiger charge is -2.15. The Morgan fingerprint density at radius 1 is 0.784 bits per heavy atom. The average molecular weight is 511 g/mol. The van der Waals surface area contributed by atoms with Crippen molar-refractivity contribution in [1.82, 2.24) is 19.1 Å². The van der Waals surface area contributed by atoms with Crippen molar-refractivity contribution in [3.63, 3.8) is 0 Å². The highest BCUT2D eigenvalue weighted by Crippen LogP contribution is 2.19. The maximum absolute atomic E-state index is 12.0. The van der Waals surface area contributed by atoms with Crippen LogP contribution < -0.4 is 20.6 Å². The summed E-state index contributed by atoms with van der Waals surface area (Å²) in [5, 5.41) is 0. The van der Waals surface area contributed by atoms with E-state index in [0.717, 1.165) is 17.3 Å². The standard InChI is InChI=1S/C14H18N2O4.C12H12N2O3/c1-18-10-4-5-11-12(8-10)16(13(17)9-15-11)7-6-14(19-2)20-3;1-17-9-3-4-10-11(7-9)14(5-2-6-15)12(16)8-13-10/h4-5,8-9,14H,6-7H2,1-3H3;3-4,6-8H,2,5H2,1H3. The van der Waals surface area contributed by atoms with Gasteiger partial charge in [0.2, 0.25) is 0 Å². The summed E-state index contributed by atoms with van der Waals surface area (Å²) >= 11 is 0. The second kappa shape index (κ2) is 13.3. The molecule has 2 aromatic heterocycles. The Morgan fingerprint density at radius 2 is 1.27 bits per heavy atom. The molecule has 0 amide bonds. The van der Waals surface area contributed by atoms with E-state index in [1.807, 2.05) is 12.1 Å². The minimum atomic E-state index is -0.337. The topological polar surface area (TPSA) is 124 Å². The fraction of sp³-hybridized carbons (Fsp3) is 0.346. The normalized spacial score (nSPS) is 10.8. The van der Waals surface area contributed by atoms with Gasteiger partial charge in [-0.25, -0.2) is 9.97 Å². The maximum Gasteiger partial charge on any atom is 0.269 e. The van der Waals surface area contributed by atoms with Gasteiger partial charge in [-0.2, -0.15) is 0 Å². The molecule has 0 saturated heterocycles. The summed E-state index contributed by atoms with van der Waals surface area (Å²) in [6.07, 6.45) is 3.91. The minimum absolute atomic E-state index is 0.156. The number of nitrogens with zero attached hydrogens (tertiary/aromatic N) is 4. The lowest BCUT2D eigenvalue weighted by atomic mass is 10.2. The van der Waals surface area contributed by atoms with E-state index in [9.17, 15) is 14.4 Å². The first kappa shape index (κ1) is 27.5. The fourth-order valence-corrected chi connectivity index (χ4v) is 3.75. The number of hydrogen-bond donors (Lipinski definition) is 0. The van der Waals surface area contributed by atoms with Crippen LogP contribution in [-0.2, 0) is 27.4 Å². The number of aldehydes is 1. The Morgan fingerprint density at radius 3 is 1.70 bits per heavy atom. The van der Waals surface area contributed by atoms with Gasteiger partial charge in [0.05, 0.1) is 48.7 Å². The molecule has 4 aromatic rings. The van der Waals surface area contributed by atoms with E-state index in [1.165, 1.54) is 17.0 Å². The Kier molecular flexibility index (Phi) is 9.87. The maximum atomic E-state index is 12.0. The molecule has 0 aliphatic carbocycles. The van der Waals surface area contributed by atoms with Crippen molar-refractivity contribution in [1.29, 1.82) is 0 Å². The molecule has 196 valence electrons. The molecule has 2 heterocycles. The van der Waals surface area contributed by atoms with Gasteiger partial charge < -0.3 is 32.9 Å². The third-order valence-corrected chi connectivity index (χ3v) is 5.69. The first-order valence-electron chi connectivity index (χ1n) is 11.5. The molecule has 0 aliphatic heterocycles. The van der Waals surface area contributed by atoms with Crippen molar-refractivity contribution in [2.75, 3.05) is 28.4 Å². The molecule has 0 unspecified atom stereocenters. The molecule has 2 aromatic carbocycles. The van der Waals surface area contributed by atoms with Crippen LogP contribution in [0.25, 0.3) is 22.1 Å². The molecule has 4 rings (SSSR count). The van der Waals surface area contributed by atoms with Crippen LogP contribution >= 0.6 is 0 Å². The zero-order chi connectivity index (χ0) is 26.8. The van der Waals surface area contributed by atoms with Gasteiger partial charge in [0.15, 0.2) is 6.29 Å². The molecule has 0 N–H and O–H groups in total. The van der Waals surface area contributed by atoms with Crippen molar-refractivity contribution in [3.8, 4) is 11.5 Å². The van der Waals surface area contributed by atoms with Crippen molar-refractivity contribution >= 4 is 28.4 Å². The molecule has 0 bridgehead atoms. The van der Waals surface area contributed by atoms with E-state index in [-0.39, 0.29) is 17.4 Å². The lowest BCUT2D eigenvalue weighted by Crippen LogP contribution is -2.24. The Labute approximate surface area is 213 Å². The van der Waals surface area contributed by atoms with Gasteiger partial charge >= 0.3 is 0 Å². The van der Waals surface area contributed by atoms with E-state index in [2.05, 4.69) is 9.97 Å². The smallest absolute Gasteiger partial charge is 0.269 e. The summed E-state index contributed by atoms with van der Waals surface area (Å²) in [4.78, 5) is 42.3. The molecule has 37 heavy (non-hydrogen) atoms. The molecule has 0 saturated carbocycles. The average Bonchev–Trinajstić information content (AvgIpc) is 2.93. The molecule has 0 aliphatic rings. The molecule has 0 spiro atoms. The number of aryl methyl sites for hydroxylation is 2. The first-order chi connectivity index (χ1) is 17.9. The van der Waals surface area contributed by atoms with Gasteiger partial charge in [0, 0.05) is 52.3 Å². The molecule has 0 fully saturated rings. The zero-order valence-electron chi connectivity index (χ0n) is 21.2. The van der Waals surface area contributed by atoms with Crippen molar-refractivity contribution < 1.29 is 23.7 Å². The monoisotopic (exact) mass is 510 g/mol. The van der Waals surface area contributed by atoms with E-state index in [1.54, 1.807) is 57.3 Å². The van der Waals surface area contributed by atoms with Crippen molar-refractivity contribution in [2.24, 2.45) is 0 Å². The minimum Gasteiger partial charge on any atom is -0.497 e. The second-order valence-electron chi connectivity index (χ2n) is 7.85. The summed E-state index contributed by atoms with van der Waals surface area (Å²) in [7, 11) is 6.30. The van der Waals surface area contributed by atoms with Crippen LogP contribution in [0.1, 0.15) is 12.8 Å². The van der Waals surface area contributed by atoms with Crippen LogP contribution in [0.15, 0.2) is 58.4 Å². The van der Waals surface area contributed by atoms with Crippen LogP contribution in [0.4, 0.5) is 0 Å². The third kappa shape index (κ3) is 6.78. The zero-order valence-corrected chi connectivity index (χ0v) is 21.2. The van der Waals surface area contributed by atoms with Gasteiger partial charge in [-0.05, 0) is 24.3 Å². The number of carbonyl (C=O) groups is 1. The van der Waals surface area contributed by atoms with Gasteiger partial charge in [-0.15, -0.1) is 0 Å². The molecule has 11 nitrogen and oxygen atoms in total. The van der Waals surface area contributed by atoms with Crippen molar-refractivity contribution in [3.05, 3.63) is 69.5 Å². The molecular weight excluding hydrogens is 480 g/mol. The van der Waals surface area contributed by atoms with E-state index < -0.39 is 0 Å². The van der Waals surface area contributed by atoms with Gasteiger partial charge in [-0.1, -0.05) is 0 Å². The predicted molar refractivity (Wildman–Crippen MR) is 138 cm³/mol. The number of aromatic nitrogens is 4. The number of benzene rings is 2. The van der Waals surface area contributed by atoms with Crippen LogP contribution in [0, 0.1) is 0 Å². The highest BCUT2D eigenvalue weighted by molar-refractivity contribution is 5.77. The van der Waals surface area contributed by atoms with Crippen LogP contribution in [0.3, 0.4) is 0 Å². The SMILES string of the molecule is COc1ccc2ncc(=O)n(CCC(OC)OC)c2c1.COc1ccc2ncc(=O)n(CCC=O)c2c1. The molecule has 0 radical (unpaired) electrons. The first-order valence-corrected chi connectivity index (χ1v) is 11.5. The number of ether oxygens (including phenoxy) is 4. The molecule has 0 atom stereocenters. The molecular formula is C26H30N4O7. The van der Waals surface area contributed by atoms with E-state index in [4.69, 9.17) is 18.9 Å². The highest BCUT2D eigenvalue weighted by Gasteiger charge is 2.10. The lowest BCUT2D eigenvalue weighted by molar-refractivity contribution is -0.108. The predicted octanol–water partition coefficient (Wildman–Crippen LogP) is 2.41. The summed E-state index contributed by atoms with van der Waals surface area (Å²) in [6, 6.07) is 10.8. The van der Waals surface area contributed by atoms with Gasteiger partial charge in [0.1, 0.15) is 17.8 Å². The highest BCUT2D eigenvalue weighted by atomic mass is 16.7. The van der Waals surface area contributed by atoms with Gasteiger partial charge in [0.25, 0.3) is 11.1 Å². The van der Waals surface area contributed by atoms with E-state index >= 15 is 0 Å². The number of methoxy groups -OCH3 is 4. The summed E-state index contributed by atoms with van der Waals surface area (Å²) in [6.45, 7) is 0.839. The summed E-state index contributed by atoms with van der Waals surface area (Å²) in [5.41, 5.74) is 2.50. The Hall–Kier alpha value is -4.09.